The van der Waals surface area contributed by atoms with Crippen molar-refractivity contribution in [3.8, 4) is 28.1 Å². The molecule has 37 heavy (non-hydrogen) atoms. The zero-order valence-electron chi connectivity index (χ0n) is 19.7. The molecular formula is C26H21ClN8O2. The van der Waals surface area contributed by atoms with E-state index in [0.29, 0.717) is 5.02 Å². The van der Waals surface area contributed by atoms with Gasteiger partial charge in [0.05, 0.1) is 29.8 Å². The number of benzene rings is 2. The molecule has 10 nitrogen and oxygen atoms in total. The van der Waals surface area contributed by atoms with Gasteiger partial charge in [-0.15, -0.1) is 5.10 Å². The number of pyridine rings is 1. The molecule has 0 radical (unpaired) electrons. The van der Waals surface area contributed by atoms with E-state index < -0.39 is 0 Å². The molecule has 2 aromatic carbocycles. The number of oxime groups is 1. The van der Waals surface area contributed by atoms with Crippen molar-refractivity contribution in [2.24, 2.45) is 5.16 Å². The van der Waals surface area contributed by atoms with Crippen molar-refractivity contribution in [3.63, 3.8) is 0 Å². The highest BCUT2D eigenvalue weighted by molar-refractivity contribution is 6.31. The summed E-state index contributed by atoms with van der Waals surface area (Å²) in [5.41, 5.74) is 5.86. The molecule has 0 spiro atoms. The summed E-state index contributed by atoms with van der Waals surface area (Å²) in [5.74, 6) is 0.747. The minimum atomic E-state index is -0.179. The lowest BCUT2D eigenvalue weighted by Crippen LogP contribution is -2.23. The topological polar surface area (TPSA) is 116 Å². The highest BCUT2D eigenvalue weighted by Crippen LogP contribution is 2.34. The van der Waals surface area contributed by atoms with Crippen LogP contribution in [0, 0.1) is 0 Å². The third-order valence-electron chi connectivity index (χ3n) is 6.41. The van der Waals surface area contributed by atoms with Gasteiger partial charge < -0.3 is 14.4 Å². The second-order valence-corrected chi connectivity index (χ2v) is 9.08. The Morgan fingerprint density at radius 2 is 2.08 bits per heavy atom. The fourth-order valence-electron chi connectivity index (χ4n) is 4.77. The van der Waals surface area contributed by atoms with Crippen molar-refractivity contribution in [3.05, 3.63) is 99.6 Å². The zero-order valence-corrected chi connectivity index (χ0v) is 20.5. The van der Waals surface area contributed by atoms with Crippen LogP contribution >= 0.6 is 11.6 Å². The summed E-state index contributed by atoms with van der Waals surface area (Å²) in [4.78, 5) is 26.2. The molecule has 0 saturated carbocycles. The van der Waals surface area contributed by atoms with Crippen molar-refractivity contribution < 1.29 is 4.84 Å². The molecule has 184 valence electrons. The molecule has 0 aliphatic carbocycles. The molecule has 1 atom stereocenters. The third kappa shape index (κ3) is 4.31. The number of fused-ring (bicyclic) bond motifs is 1. The number of aromatic amines is 1. The maximum absolute atomic E-state index is 13.4. The van der Waals surface area contributed by atoms with Crippen LogP contribution in [0.15, 0.2) is 77.1 Å². The Hall–Kier alpha value is -4.57. The van der Waals surface area contributed by atoms with Gasteiger partial charge in [-0.25, -0.2) is 4.98 Å². The van der Waals surface area contributed by atoms with Crippen LogP contribution in [0.3, 0.4) is 0 Å². The van der Waals surface area contributed by atoms with E-state index in [1.54, 1.807) is 29.2 Å². The Balaban J connectivity index is 1.35. The normalized spacial score (nSPS) is 14.8. The van der Waals surface area contributed by atoms with Crippen LogP contribution in [-0.4, -0.2) is 48.1 Å². The number of hydrogen-bond donors (Lipinski definition) is 1. The Labute approximate surface area is 216 Å². The van der Waals surface area contributed by atoms with Gasteiger partial charge in [0, 0.05) is 27.9 Å². The maximum atomic E-state index is 13.4. The summed E-state index contributed by atoms with van der Waals surface area (Å²) in [7, 11) is 1.51. The fourth-order valence-corrected chi connectivity index (χ4v) is 4.95. The minimum Gasteiger partial charge on any atom is -0.399 e. The Bertz CT molecular complexity index is 1670. The van der Waals surface area contributed by atoms with Gasteiger partial charge in [-0.05, 0) is 64.7 Å². The molecule has 1 aliphatic heterocycles. The van der Waals surface area contributed by atoms with Gasteiger partial charge in [0.2, 0.25) is 0 Å². The SMILES string of the molecule is CO/N=C/c1cccc(-c2cnc([C@@H]3CCc4cc(-c5cc(Cl)ccc5-n5cnnn5)cc(=O)n43)[nH]2)c1. The molecule has 3 aromatic heterocycles. The molecule has 0 saturated heterocycles. The van der Waals surface area contributed by atoms with Crippen LogP contribution in [0.2, 0.25) is 5.02 Å². The van der Waals surface area contributed by atoms with E-state index in [9.17, 15) is 4.79 Å². The van der Waals surface area contributed by atoms with Crippen LogP contribution in [0.5, 0.6) is 0 Å². The van der Waals surface area contributed by atoms with Gasteiger partial charge in [-0.2, -0.15) is 4.68 Å². The van der Waals surface area contributed by atoms with Crippen LogP contribution < -0.4 is 5.56 Å². The number of imidazole rings is 1. The molecule has 0 bridgehead atoms. The number of tetrazole rings is 1. The number of aryl methyl sites for hydroxylation is 1. The predicted octanol–water partition coefficient (Wildman–Crippen LogP) is 4.05. The van der Waals surface area contributed by atoms with E-state index in [1.165, 1.54) is 13.4 Å². The molecule has 6 rings (SSSR count). The number of rotatable bonds is 6. The van der Waals surface area contributed by atoms with Gasteiger partial charge in [0.15, 0.2) is 0 Å². The van der Waals surface area contributed by atoms with E-state index >= 15 is 0 Å². The number of nitrogens with zero attached hydrogens (tertiary/aromatic N) is 7. The third-order valence-corrected chi connectivity index (χ3v) is 6.65. The average Bonchev–Trinajstić information content (AvgIpc) is 3.68. The first-order valence-electron chi connectivity index (χ1n) is 11.6. The van der Waals surface area contributed by atoms with Crippen molar-refractivity contribution >= 4 is 17.8 Å². The second kappa shape index (κ2) is 9.47. The molecule has 5 aromatic rings. The first-order chi connectivity index (χ1) is 18.1. The number of H-pyrrole nitrogens is 1. The molecule has 0 fully saturated rings. The first kappa shape index (κ1) is 22.9. The largest absolute Gasteiger partial charge is 0.399 e. The van der Waals surface area contributed by atoms with Gasteiger partial charge in [0.25, 0.3) is 5.56 Å². The summed E-state index contributed by atoms with van der Waals surface area (Å²) in [6, 6.07) is 16.8. The van der Waals surface area contributed by atoms with Crippen molar-refractivity contribution in [1.82, 2.24) is 34.7 Å². The molecule has 1 N–H and O–H groups in total. The van der Waals surface area contributed by atoms with Crippen LogP contribution in [0.25, 0.3) is 28.1 Å². The predicted molar refractivity (Wildman–Crippen MR) is 139 cm³/mol. The summed E-state index contributed by atoms with van der Waals surface area (Å²) >= 11 is 6.31. The van der Waals surface area contributed by atoms with Gasteiger partial charge in [-0.3, -0.25) is 4.79 Å². The van der Waals surface area contributed by atoms with E-state index in [0.717, 1.165) is 58.0 Å². The highest BCUT2D eigenvalue weighted by Gasteiger charge is 2.28. The van der Waals surface area contributed by atoms with Gasteiger partial charge >= 0.3 is 0 Å². The van der Waals surface area contributed by atoms with E-state index in [-0.39, 0.29) is 11.6 Å². The summed E-state index contributed by atoms with van der Waals surface area (Å²) in [6.07, 6.45) is 6.46. The highest BCUT2D eigenvalue weighted by atomic mass is 35.5. The Kier molecular flexibility index (Phi) is 5.85. The van der Waals surface area contributed by atoms with Gasteiger partial charge in [0.1, 0.15) is 19.3 Å². The first-order valence-corrected chi connectivity index (χ1v) is 12.0. The molecular weight excluding hydrogens is 492 g/mol. The van der Waals surface area contributed by atoms with Crippen molar-refractivity contribution in [1.29, 1.82) is 0 Å². The Morgan fingerprint density at radius 3 is 2.92 bits per heavy atom. The van der Waals surface area contributed by atoms with Crippen LogP contribution in [0.1, 0.15) is 29.5 Å². The van der Waals surface area contributed by atoms with Crippen LogP contribution in [-0.2, 0) is 11.3 Å². The number of aromatic nitrogens is 7. The standard InChI is InChI=1S/C26H21ClN8O2/c1-37-30-13-16-3-2-4-17(9-16)22-14-28-26(31-22)24-8-6-20-10-18(11-25(36)35(20)24)21-12-19(27)5-7-23(21)34-15-29-32-33-34/h2-5,7,9-15,24H,6,8H2,1H3,(H,28,31)/b30-13+/t24-/m0/s1. The molecule has 1 aliphatic rings. The molecule has 0 unspecified atom stereocenters. The van der Waals surface area contributed by atoms with E-state index in [1.807, 2.05) is 47.0 Å². The maximum Gasteiger partial charge on any atom is 0.252 e. The summed E-state index contributed by atoms with van der Waals surface area (Å²) in [6.45, 7) is 0. The Morgan fingerprint density at radius 1 is 1.16 bits per heavy atom. The lowest BCUT2D eigenvalue weighted by Gasteiger charge is -2.15. The fraction of sp³-hybridized carbons (Fsp3) is 0.154. The van der Waals surface area contributed by atoms with Crippen molar-refractivity contribution in [2.45, 2.75) is 18.9 Å². The summed E-state index contributed by atoms with van der Waals surface area (Å²) in [5, 5.41) is 15.8. The lowest BCUT2D eigenvalue weighted by molar-refractivity contribution is 0.215. The lowest BCUT2D eigenvalue weighted by atomic mass is 10.0. The zero-order chi connectivity index (χ0) is 25.4. The second-order valence-electron chi connectivity index (χ2n) is 8.64. The molecule has 0 amide bonds. The molecule has 4 heterocycles. The monoisotopic (exact) mass is 512 g/mol. The van der Waals surface area contributed by atoms with E-state index in [2.05, 4.69) is 30.6 Å². The van der Waals surface area contributed by atoms with Crippen LogP contribution in [0.4, 0.5) is 0 Å². The minimum absolute atomic E-state index is 0.103. The summed E-state index contributed by atoms with van der Waals surface area (Å²) < 4.78 is 3.37. The smallest absolute Gasteiger partial charge is 0.252 e. The molecule has 11 heteroatoms. The number of nitrogens with one attached hydrogen (secondary N) is 1. The van der Waals surface area contributed by atoms with Crippen molar-refractivity contribution in [2.75, 3.05) is 7.11 Å². The number of halogens is 1. The average molecular weight is 513 g/mol. The quantitative estimate of drug-likeness (QED) is 0.271. The van der Waals surface area contributed by atoms with E-state index in [4.69, 9.17) is 16.4 Å². The van der Waals surface area contributed by atoms with Gasteiger partial charge in [-0.1, -0.05) is 35.0 Å². The number of hydrogen-bond acceptors (Lipinski definition) is 7.